The van der Waals surface area contributed by atoms with E-state index < -0.39 is 0 Å². The highest BCUT2D eigenvalue weighted by molar-refractivity contribution is 5.75. The summed E-state index contributed by atoms with van der Waals surface area (Å²) >= 11 is 0. The minimum atomic E-state index is 0.176. The number of hydrogen-bond acceptors (Lipinski definition) is 3. The number of nitrogens with zero attached hydrogens (tertiary/aromatic N) is 2. The molecule has 0 aromatic carbocycles. The summed E-state index contributed by atoms with van der Waals surface area (Å²) < 4.78 is 5.61. The van der Waals surface area contributed by atoms with Gasteiger partial charge in [0.15, 0.2) is 0 Å². The molecule has 0 spiro atoms. The van der Waals surface area contributed by atoms with Gasteiger partial charge in [0.25, 0.3) is 0 Å². The van der Waals surface area contributed by atoms with Gasteiger partial charge in [-0.3, -0.25) is 4.79 Å². The molecule has 1 saturated heterocycles. The van der Waals surface area contributed by atoms with Gasteiger partial charge in [0.05, 0.1) is 12.7 Å². The Balaban J connectivity index is 2.30. The van der Waals surface area contributed by atoms with E-state index in [4.69, 9.17) is 4.74 Å². The van der Waals surface area contributed by atoms with Crippen molar-refractivity contribution in [3.8, 4) is 0 Å². The second kappa shape index (κ2) is 6.08. The van der Waals surface area contributed by atoms with Crippen molar-refractivity contribution >= 4 is 5.91 Å². The van der Waals surface area contributed by atoms with E-state index in [1.54, 1.807) is 4.90 Å². The van der Waals surface area contributed by atoms with Crippen LogP contribution in [0.3, 0.4) is 0 Å². The molecule has 0 aliphatic carbocycles. The lowest BCUT2D eigenvalue weighted by molar-refractivity contribution is -0.132. The average molecular weight is 214 g/mol. The second-order valence-electron chi connectivity index (χ2n) is 4.28. The van der Waals surface area contributed by atoms with Crippen molar-refractivity contribution in [1.29, 1.82) is 0 Å². The number of hydrogen-bond donors (Lipinski definition) is 0. The lowest BCUT2D eigenvalue weighted by Crippen LogP contribution is -2.46. The topological polar surface area (TPSA) is 32.8 Å². The van der Waals surface area contributed by atoms with Crippen LogP contribution in [0.1, 0.15) is 19.8 Å². The van der Waals surface area contributed by atoms with Crippen molar-refractivity contribution in [3.05, 3.63) is 0 Å². The average Bonchev–Trinajstić information content (AvgIpc) is 2.18. The van der Waals surface area contributed by atoms with Crippen LogP contribution in [0.5, 0.6) is 0 Å². The van der Waals surface area contributed by atoms with Gasteiger partial charge in [-0.05, 0) is 13.5 Å². The van der Waals surface area contributed by atoms with Crippen molar-refractivity contribution in [2.75, 3.05) is 40.3 Å². The number of morpholine rings is 1. The zero-order chi connectivity index (χ0) is 11.3. The van der Waals surface area contributed by atoms with Crippen molar-refractivity contribution in [3.63, 3.8) is 0 Å². The van der Waals surface area contributed by atoms with Gasteiger partial charge in [-0.15, -0.1) is 0 Å². The first kappa shape index (κ1) is 12.5. The molecule has 1 atom stereocenters. The summed E-state index contributed by atoms with van der Waals surface area (Å²) in [6.45, 7) is 5.42. The van der Waals surface area contributed by atoms with Crippen molar-refractivity contribution < 1.29 is 9.53 Å². The fourth-order valence-corrected chi connectivity index (χ4v) is 1.79. The third-order valence-electron chi connectivity index (χ3n) is 2.71. The molecule has 0 aromatic rings. The monoisotopic (exact) mass is 214 g/mol. The molecule has 0 bridgehead atoms. The molecular formula is C11H22N2O2. The maximum Gasteiger partial charge on any atom is 0.222 e. The highest BCUT2D eigenvalue weighted by Crippen LogP contribution is 2.05. The van der Waals surface area contributed by atoms with Gasteiger partial charge in [-0.2, -0.15) is 0 Å². The van der Waals surface area contributed by atoms with E-state index in [1.807, 2.05) is 14.0 Å². The molecule has 1 rings (SSSR count). The molecule has 0 saturated carbocycles. The summed E-state index contributed by atoms with van der Waals surface area (Å²) in [5, 5.41) is 0. The molecule has 1 aliphatic heterocycles. The van der Waals surface area contributed by atoms with E-state index in [-0.39, 0.29) is 12.0 Å². The molecule has 88 valence electrons. The molecule has 0 aromatic heterocycles. The van der Waals surface area contributed by atoms with Crippen LogP contribution in [0.15, 0.2) is 0 Å². The van der Waals surface area contributed by atoms with Gasteiger partial charge in [-0.25, -0.2) is 0 Å². The standard InChI is InChI=1S/C11H22N2O2/c1-4-5-11(14)13(3)9-10-8-12(2)6-7-15-10/h10H,4-9H2,1-3H3. The molecule has 1 heterocycles. The number of carbonyl (C=O) groups excluding carboxylic acids is 1. The van der Waals surface area contributed by atoms with Crippen LogP contribution in [-0.4, -0.2) is 62.1 Å². The largest absolute Gasteiger partial charge is 0.374 e. The number of carbonyl (C=O) groups is 1. The zero-order valence-corrected chi connectivity index (χ0v) is 10.0. The van der Waals surface area contributed by atoms with Gasteiger partial charge in [-0.1, -0.05) is 6.92 Å². The molecule has 1 amide bonds. The molecule has 4 heteroatoms. The van der Waals surface area contributed by atoms with Gasteiger partial charge in [0.2, 0.25) is 5.91 Å². The Morgan fingerprint density at radius 3 is 2.93 bits per heavy atom. The Morgan fingerprint density at radius 2 is 2.33 bits per heavy atom. The van der Waals surface area contributed by atoms with E-state index >= 15 is 0 Å². The SMILES string of the molecule is CCCC(=O)N(C)CC1CN(C)CCO1. The summed E-state index contributed by atoms with van der Waals surface area (Å²) in [4.78, 5) is 15.6. The van der Waals surface area contributed by atoms with Crippen molar-refractivity contribution in [2.24, 2.45) is 0 Å². The van der Waals surface area contributed by atoms with Crippen LogP contribution < -0.4 is 0 Å². The van der Waals surface area contributed by atoms with Crippen LogP contribution in [0.4, 0.5) is 0 Å². The summed E-state index contributed by atoms with van der Waals surface area (Å²) in [5.41, 5.74) is 0. The lowest BCUT2D eigenvalue weighted by Gasteiger charge is -2.32. The summed E-state index contributed by atoms with van der Waals surface area (Å²) in [6, 6.07) is 0. The lowest BCUT2D eigenvalue weighted by atomic mass is 10.2. The molecule has 1 aliphatic rings. The maximum absolute atomic E-state index is 11.6. The third kappa shape index (κ3) is 4.18. The van der Waals surface area contributed by atoms with Crippen molar-refractivity contribution in [2.45, 2.75) is 25.9 Å². The predicted octanol–water partition coefficient (Wildman–Crippen LogP) is 0.575. The highest BCUT2D eigenvalue weighted by atomic mass is 16.5. The van der Waals surface area contributed by atoms with Gasteiger partial charge >= 0.3 is 0 Å². The molecule has 0 N–H and O–H groups in total. The Morgan fingerprint density at radius 1 is 1.60 bits per heavy atom. The molecule has 15 heavy (non-hydrogen) atoms. The molecule has 0 radical (unpaired) electrons. The third-order valence-corrected chi connectivity index (χ3v) is 2.71. The fourth-order valence-electron chi connectivity index (χ4n) is 1.79. The van der Waals surface area contributed by atoms with E-state index in [0.29, 0.717) is 13.0 Å². The van der Waals surface area contributed by atoms with Crippen LogP contribution in [0, 0.1) is 0 Å². The second-order valence-corrected chi connectivity index (χ2v) is 4.28. The fraction of sp³-hybridized carbons (Fsp3) is 0.909. The van der Waals surface area contributed by atoms with Gasteiger partial charge < -0.3 is 14.5 Å². The summed E-state index contributed by atoms with van der Waals surface area (Å²) in [5.74, 6) is 0.217. The number of amides is 1. The van der Waals surface area contributed by atoms with E-state index in [1.165, 1.54) is 0 Å². The van der Waals surface area contributed by atoms with Gasteiger partial charge in [0, 0.05) is 33.1 Å². The predicted molar refractivity (Wildman–Crippen MR) is 59.8 cm³/mol. The van der Waals surface area contributed by atoms with Crippen molar-refractivity contribution in [1.82, 2.24) is 9.80 Å². The maximum atomic E-state index is 11.6. The Bertz CT molecular complexity index is 209. The number of ether oxygens (including phenoxy) is 1. The van der Waals surface area contributed by atoms with E-state index in [9.17, 15) is 4.79 Å². The normalized spacial score (nSPS) is 22.7. The Kier molecular flexibility index (Phi) is 5.05. The smallest absolute Gasteiger partial charge is 0.222 e. The highest BCUT2D eigenvalue weighted by Gasteiger charge is 2.20. The first-order valence-electron chi connectivity index (χ1n) is 5.67. The number of rotatable bonds is 4. The van der Waals surface area contributed by atoms with Crippen LogP contribution in [-0.2, 0) is 9.53 Å². The summed E-state index contributed by atoms with van der Waals surface area (Å²) in [6.07, 6.45) is 1.72. The Hall–Kier alpha value is -0.610. The van der Waals surface area contributed by atoms with Crippen LogP contribution >= 0.6 is 0 Å². The molecule has 4 nitrogen and oxygen atoms in total. The molecule has 1 unspecified atom stereocenters. The van der Waals surface area contributed by atoms with E-state index in [2.05, 4.69) is 11.9 Å². The quantitative estimate of drug-likeness (QED) is 0.686. The first-order valence-corrected chi connectivity index (χ1v) is 5.67. The van der Waals surface area contributed by atoms with Crippen LogP contribution in [0.25, 0.3) is 0 Å². The van der Waals surface area contributed by atoms with Gasteiger partial charge in [0.1, 0.15) is 0 Å². The Labute approximate surface area is 92.2 Å². The minimum Gasteiger partial charge on any atom is -0.374 e. The molecular weight excluding hydrogens is 192 g/mol. The zero-order valence-electron chi connectivity index (χ0n) is 10.0. The minimum absolute atomic E-state index is 0.176. The molecule has 1 fully saturated rings. The number of likely N-dealkylation sites (N-methyl/N-ethyl adjacent to an activating group) is 2. The summed E-state index contributed by atoms with van der Waals surface area (Å²) in [7, 11) is 3.94. The van der Waals surface area contributed by atoms with Crippen LogP contribution in [0.2, 0.25) is 0 Å². The van der Waals surface area contributed by atoms with E-state index in [0.717, 1.165) is 26.1 Å². The first-order chi connectivity index (χ1) is 7.13.